The number of halogens is 1. The summed E-state index contributed by atoms with van der Waals surface area (Å²) >= 11 is 2.33. The molecule has 1 fully saturated rings. The molecule has 1 aliphatic rings. The van der Waals surface area contributed by atoms with E-state index >= 15 is 0 Å². The van der Waals surface area contributed by atoms with Crippen LogP contribution in [0.1, 0.15) is 50.6 Å². The first-order valence-electron chi connectivity index (χ1n) is 7.60. The topological polar surface area (TPSA) is 47.3 Å². The molecule has 0 amide bonds. The van der Waals surface area contributed by atoms with Crippen LogP contribution in [0, 0.1) is 10.5 Å². The van der Waals surface area contributed by atoms with Crippen molar-refractivity contribution in [3.63, 3.8) is 0 Å². The van der Waals surface area contributed by atoms with Gasteiger partial charge in [0, 0.05) is 18.9 Å². The Balaban J connectivity index is 2.10. The van der Waals surface area contributed by atoms with E-state index in [9.17, 15) is 0 Å². The van der Waals surface area contributed by atoms with Crippen LogP contribution in [-0.4, -0.2) is 33.7 Å². The lowest BCUT2D eigenvalue weighted by Gasteiger charge is -2.33. The third-order valence-electron chi connectivity index (χ3n) is 4.21. The molecule has 0 aromatic carbocycles. The van der Waals surface area contributed by atoms with E-state index in [1.165, 1.54) is 34.9 Å². The molecule has 0 atom stereocenters. The molecule has 5 heteroatoms. The lowest BCUT2D eigenvalue weighted by atomic mass is 9.94. The Labute approximate surface area is 135 Å². The van der Waals surface area contributed by atoms with Crippen LogP contribution in [0.5, 0.6) is 0 Å². The minimum Gasteiger partial charge on any atom is -0.396 e. The van der Waals surface area contributed by atoms with E-state index in [1.807, 2.05) is 6.20 Å². The average Bonchev–Trinajstić information content (AvgIpc) is 2.66. The van der Waals surface area contributed by atoms with Gasteiger partial charge in [0.25, 0.3) is 0 Å². The first kappa shape index (κ1) is 16.2. The van der Waals surface area contributed by atoms with Crippen LogP contribution in [0.4, 0.5) is 0 Å². The van der Waals surface area contributed by atoms with E-state index in [0.29, 0.717) is 6.61 Å². The van der Waals surface area contributed by atoms with Crippen molar-refractivity contribution in [2.45, 2.75) is 64.0 Å². The van der Waals surface area contributed by atoms with Gasteiger partial charge in [0.2, 0.25) is 0 Å². The highest BCUT2D eigenvalue weighted by atomic mass is 127. The molecule has 1 N–H and O–H groups in total. The number of aliphatic hydroxyl groups excluding tert-OH is 1. The maximum Gasteiger partial charge on any atom is 0.0877 e. The standard InChI is InChI=1S/C15H25IN2O2/c1-13-14(16)11-17-18(13)12-15(20-10-6-9-19)7-4-2-3-5-8-15/h11,19H,2-10,12H2,1H3. The summed E-state index contributed by atoms with van der Waals surface area (Å²) in [4.78, 5) is 0. The van der Waals surface area contributed by atoms with Gasteiger partial charge in [-0.1, -0.05) is 25.7 Å². The van der Waals surface area contributed by atoms with Crippen LogP contribution in [0.15, 0.2) is 6.20 Å². The summed E-state index contributed by atoms with van der Waals surface area (Å²) in [6, 6.07) is 0. The number of ether oxygens (including phenoxy) is 1. The maximum atomic E-state index is 8.97. The summed E-state index contributed by atoms with van der Waals surface area (Å²) in [6.45, 7) is 3.81. The lowest BCUT2D eigenvalue weighted by Crippen LogP contribution is -2.38. The normalized spacial score (nSPS) is 18.9. The van der Waals surface area contributed by atoms with Gasteiger partial charge in [-0.15, -0.1) is 0 Å². The predicted molar refractivity (Wildman–Crippen MR) is 87.8 cm³/mol. The zero-order valence-electron chi connectivity index (χ0n) is 12.3. The summed E-state index contributed by atoms with van der Waals surface area (Å²) < 4.78 is 9.54. The number of aromatic nitrogens is 2. The zero-order valence-corrected chi connectivity index (χ0v) is 14.4. The highest BCUT2D eigenvalue weighted by molar-refractivity contribution is 14.1. The van der Waals surface area contributed by atoms with Gasteiger partial charge in [0.05, 0.1) is 21.9 Å². The summed E-state index contributed by atoms with van der Waals surface area (Å²) in [6.07, 6.45) is 9.93. The predicted octanol–water partition coefficient (Wildman–Crippen LogP) is 3.29. The molecule has 0 saturated heterocycles. The second-order valence-corrected chi connectivity index (χ2v) is 6.92. The lowest BCUT2D eigenvalue weighted by molar-refractivity contribution is -0.0736. The monoisotopic (exact) mass is 392 g/mol. The molecule has 20 heavy (non-hydrogen) atoms. The highest BCUT2D eigenvalue weighted by Crippen LogP contribution is 2.32. The number of hydrogen-bond donors (Lipinski definition) is 1. The summed E-state index contributed by atoms with van der Waals surface area (Å²) in [5, 5.41) is 13.5. The van der Waals surface area contributed by atoms with Gasteiger partial charge in [0.15, 0.2) is 0 Å². The third-order valence-corrected chi connectivity index (χ3v) is 5.27. The van der Waals surface area contributed by atoms with Crippen molar-refractivity contribution in [1.29, 1.82) is 0 Å². The van der Waals surface area contributed by atoms with E-state index in [0.717, 1.165) is 25.8 Å². The maximum absolute atomic E-state index is 8.97. The van der Waals surface area contributed by atoms with Crippen LogP contribution >= 0.6 is 22.6 Å². The van der Waals surface area contributed by atoms with E-state index in [-0.39, 0.29) is 12.2 Å². The van der Waals surface area contributed by atoms with Crippen LogP contribution < -0.4 is 0 Å². The number of rotatable bonds is 6. The Kier molecular flexibility index (Phi) is 6.29. The third kappa shape index (κ3) is 4.18. The first-order valence-corrected chi connectivity index (χ1v) is 8.67. The molecule has 0 radical (unpaired) electrons. The number of hydrogen-bond acceptors (Lipinski definition) is 3. The van der Waals surface area contributed by atoms with Crippen molar-refractivity contribution < 1.29 is 9.84 Å². The van der Waals surface area contributed by atoms with Crippen molar-refractivity contribution in [3.05, 3.63) is 15.5 Å². The van der Waals surface area contributed by atoms with Crippen LogP contribution in [0.25, 0.3) is 0 Å². The van der Waals surface area contributed by atoms with Crippen molar-refractivity contribution in [2.24, 2.45) is 0 Å². The molecule has 1 heterocycles. The molecule has 0 bridgehead atoms. The summed E-state index contributed by atoms with van der Waals surface area (Å²) in [7, 11) is 0. The molecule has 114 valence electrons. The van der Waals surface area contributed by atoms with Gasteiger partial charge in [0.1, 0.15) is 0 Å². The van der Waals surface area contributed by atoms with Crippen molar-refractivity contribution >= 4 is 22.6 Å². The Bertz CT molecular complexity index is 412. The molecular weight excluding hydrogens is 367 g/mol. The first-order chi connectivity index (χ1) is 9.67. The van der Waals surface area contributed by atoms with Crippen molar-refractivity contribution in [2.75, 3.05) is 13.2 Å². The van der Waals surface area contributed by atoms with Gasteiger partial charge in [-0.25, -0.2) is 0 Å². The van der Waals surface area contributed by atoms with Gasteiger partial charge >= 0.3 is 0 Å². The highest BCUT2D eigenvalue weighted by Gasteiger charge is 2.33. The summed E-state index contributed by atoms with van der Waals surface area (Å²) in [5.74, 6) is 0. The molecular formula is C15H25IN2O2. The van der Waals surface area contributed by atoms with Crippen LogP contribution in [0.3, 0.4) is 0 Å². The largest absolute Gasteiger partial charge is 0.396 e. The van der Waals surface area contributed by atoms with Gasteiger partial charge < -0.3 is 9.84 Å². The summed E-state index contributed by atoms with van der Waals surface area (Å²) in [5.41, 5.74) is 1.13. The molecule has 0 unspecified atom stereocenters. The minimum absolute atomic E-state index is 0.0917. The Morgan fingerprint density at radius 1 is 1.35 bits per heavy atom. The molecule has 4 nitrogen and oxygen atoms in total. The molecule has 1 aliphatic carbocycles. The van der Waals surface area contributed by atoms with Crippen molar-refractivity contribution in [3.8, 4) is 0 Å². The van der Waals surface area contributed by atoms with E-state index in [2.05, 4.69) is 39.3 Å². The molecule has 0 spiro atoms. The quantitative estimate of drug-likeness (QED) is 0.459. The molecule has 2 rings (SSSR count). The fraction of sp³-hybridized carbons (Fsp3) is 0.800. The fourth-order valence-corrected chi connectivity index (χ4v) is 3.33. The molecule has 0 aliphatic heterocycles. The van der Waals surface area contributed by atoms with Gasteiger partial charge in [-0.2, -0.15) is 5.10 Å². The SMILES string of the molecule is Cc1c(I)cnn1CC1(OCCCO)CCCCCC1. The second kappa shape index (κ2) is 7.75. The Hall–Kier alpha value is -0.140. The zero-order chi connectivity index (χ0) is 14.4. The van der Waals surface area contributed by atoms with Crippen LogP contribution in [0.2, 0.25) is 0 Å². The van der Waals surface area contributed by atoms with E-state index in [4.69, 9.17) is 9.84 Å². The Morgan fingerprint density at radius 2 is 2.05 bits per heavy atom. The van der Waals surface area contributed by atoms with Gasteiger partial charge in [-0.3, -0.25) is 4.68 Å². The number of aliphatic hydroxyl groups is 1. The minimum atomic E-state index is -0.0917. The smallest absolute Gasteiger partial charge is 0.0877 e. The number of nitrogens with zero attached hydrogens (tertiary/aromatic N) is 2. The Morgan fingerprint density at radius 3 is 2.60 bits per heavy atom. The molecule has 1 aromatic heterocycles. The van der Waals surface area contributed by atoms with Crippen LogP contribution in [-0.2, 0) is 11.3 Å². The van der Waals surface area contributed by atoms with E-state index in [1.54, 1.807) is 0 Å². The second-order valence-electron chi connectivity index (χ2n) is 5.76. The van der Waals surface area contributed by atoms with Crippen molar-refractivity contribution in [1.82, 2.24) is 9.78 Å². The fourth-order valence-electron chi connectivity index (χ4n) is 2.93. The average molecular weight is 392 g/mol. The molecule has 1 aromatic rings. The van der Waals surface area contributed by atoms with Gasteiger partial charge in [-0.05, 0) is 48.8 Å². The van der Waals surface area contributed by atoms with E-state index < -0.39 is 0 Å². The molecule has 1 saturated carbocycles.